The van der Waals surface area contributed by atoms with E-state index in [0.29, 0.717) is 11.3 Å². The van der Waals surface area contributed by atoms with Gasteiger partial charge in [0.1, 0.15) is 0 Å². The predicted molar refractivity (Wildman–Crippen MR) is 89.5 cm³/mol. The van der Waals surface area contributed by atoms with Crippen molar-refractivity contribution in [1.29, 1.82) is 0 Å². The standard InChI is InChI=1S/C19H14F3NO4/c1-10-14-8-12(4-7-15(14)23-17(10)25)16(24)9-27-18(26)11-2-5-13(6-3-11)19(20,21)22/h2-8,10H,9H2,1H3,(H,23,25)/t10-/m1/s1. The summed E-state index contributed by atoms with van der Waals surface area (Å²) in [7, 11) is 0. The summed E-state index contributed by atoms with van der Waals surface area (Å²) in [6.07, 6.45) is -4.50. The quantitative estimate of drug-likeness (QED) is 0.650. The van der Waals surface area contributed by atoms with Crippen LogP contribution in [0.1, 0.15) is 44.7 Å². The molecule has 27 heavy (non-hydrogen) atoms. The molecule has 1 aliphatic rings. The molecule has 1 heterocycles. The number of hydrogen-bond donors (Lipinski definition) is 1. The molecule has 0 spiro atoms. The van der Waals surface area contributed by atoms with Gasteiger partial charge in [-0.2, -0.15) is 13.2 Å². The lowest BCUT2D eigenvalue weighted by atomic mass is 9.99. The smallest absolute Gasteiger partial charge is 0.416 e. The summed E-state index contributed by atoms with van der Waals surface area (Å²) in [4.78, 5) is 35.8. The topological polar surface area (TPSA) is 72.5 Å². The van der Waals surface area contributed by atoms with Gasteiger partial charge in [0, 0.05) is 11.3 Å². The van der Waals surface area contributed by atoms with E-state index in [0.717, 1.165) is 24.3 Å². The first-order chi connectivity index (χ1) is 12.7. The van der Waals surface area contributed by atoms with Crippen LogP contribution in [0.5, 0.6) is 0 Å². The first-order valence-electron chi connectivity index (χ1n) is 7.99. The Balaban J connectivity index is 1.64. The van der Waals surface area contributed by atoms with Crippen LogP contribution in [0.3, 0.4) is 0 Å². The maximum atomic E-state index is 12.5. The molecule has 3 rings (SSSR count). The second-order valence-corrected chi connectivity index (χ2v) is 6.09. The van der Waals surface area contributed by atoms with E-state index >= 15 is 0 Å². The Morgan fingerprint density at radius 2 is 1.70 bits per heavy atom. The molecule has 0 saturated heterocycles. The third-order valence-electron chi connectivity index (χ3n) is 4.27. The van der Waals surface area contributed by atoms with Crippen molar-refractivity contribution in [2.75, 3.05) is 11.9 Å². The summed E-state index contributed by atoms with van der Waals surface area (Å²) in [5.74, 6) is -1.93. The van der Waals surface area contributed by atoms with Crippen LogP contribution in [0.2, 0.25) is 0 Å². The average molecular weight is 377 g/mol. The number of fused-ring (bicyclic) bond motifs is 1. The molecule has 1 N–H and O–H groups in total. The van der Waals surface area contributed by atoms with E-state index in [2.05, 4.69) is 5.32 Å². The van der Waals surface area contributed by atoms with E-state index in [1.807, 2.05) is 0 Å². The highest BCUT2D eigenvalue weighted by Crippen LogP contribution is 2.33. The molecular weight excluding hydrogens is 363 g/mol. The number of ketones is 1. The van der Waals surface area contributed by atoms with Crippen molar-refractivity contribution < 1.29 is 32.3 Å². The summed E-state index contributed by atoms with van der Waals surface area (Å²) in [5, 5.41) is 2.68. The lowest BCUT2D eigenvalue weighted by Gasteiger charge is -2.08. The lowest BCUT2D eigenvalue weighted by molar-refractivity contribution is -0.137. The molecule has 1 amide bonds. The molecule has 0 unspecified atom stereocenters. The number of anilines is 1. The first-order valence-corrected chi connectivity index (χ1v) is 7.99. The number of esters is 1. The minimum atomic E-state index is -4.50. The lowest BCUT2D eigenvalue weighted by Crippen LogP contribution is -2.15. The number of nitrogens with one attached hydrogen (secondary N) is 1. The van der Waals surface area contributed by atoms with Gasteiger partial charge in [-0.05, 0) is 55.0 Å². The maximum absolute atomic E-state index is 12.5. The van der Waals surface area contributed by atoms with Gasteiger partial charge in [-0.3, -0.25) is 9.59 Å². The molecule has 0 bridgehead atoms. The Morgan fingerprint density at radius 1 is 1.07 bits per heavy atom. The van der Waals surface area contributed by atoms with Crippen LogP contribution in [0.15, 0.2) is 42.5 Å². The Morgan fingerprint density at radius 3 is 2.33 bits per heavy atom. The van der Waals surface area contributed by atoms with Crippen LogP contribution < -0.4 is 5.32 Å². The van der Waals surface area contributed by atoms with Crippen molar-refractivity contribution in [1.82, 2.24) is 0 Å². The minimum absolute atomic E-state index is 0.0897. The van der Waals surface area contributed by atoms with Crippen LogP contribution in [-0.4, -0.2) is 24.3 Å². The number of ether oxygens (including phenoxy) is 1. The van der Waals surface area contributed by atoms with E-state index in [9.17, 15) is 27.6 Å². The predicted octanol–water partition coefficient (Wildman–Crippen LogP) is 3.80. The van der Waals surface area contributed by atoms with Crippen LogP contribution in [-0.2, 0) is 15.7 Å². The van der Waals surface area contributed by atoms with Crippen LogP contribution in [0.4, 0.5) is 18.9 Å². The van der Waals surface area contributed by atoms with Gasteiger partial charge >= 0.3 is 12.1 Å². The molecule has 5 nitrogen and oxygen atoms in total. The van der Waals surface area contributed by atoms with Crippen LogP contribution in [0, 0.1) is 0 Å². The molecule has 140 valence electrons. The average Bonchev–Trinajstić information content (AvgIpc) is 2.92. The van der Waals surface area contributed by atoms with Gasteiger partial charge in [-0.1, -0.05) is 0 Å². The molecule has 1 aliphatic heterocycles. The molecule has 0 saturated carbocycles. The van der Waals surface area contributed by atoms with E-state index < -0.39 is 30.1 Å². The second kappa shape index (κ2) is 6.86. The monoisotopic (exact) mass is 377 g/mol. The fourth-order valence-corrected chi connectivity index (χ4v) is 2.68. The van der Waals surface area contributed by atoms with Gasteiger partial charge in [0.15, 0.2) is 12.4 Å². The van der Waals surface area contributed by atoms with Crippen molar-refractivity contribution in [3.63, 3.8) is 0 Å². The highest BCUT2D eigenvalue weighted by atomic mass is 19.4. The molecule has 2 aromatic carbocycles. The van der Waals surface area contributed by atoms with Gasteiger partial charge < -0.3 is 10.1 Å². The molecule has 1 atom stereocenters. The van der Waals surface area contributed by atoms with Crippen molar-refractivity contribution >= 4 is 23.3 Å². The maximum Gasteiger partial charge on any atom is 0.416 e. The molecule has 0 fully saturated rings. The zero-order valence-corrected chi connectivity index (χ0v) is 14.1. The highest BCUT2D eigenvalue weighted by Gasteiger charge is 2.30. The van der Waals surface area contributed by atoms with Crippen molar-refractivity contribution in [2.24, 2.45) is 0 Å². The number of halogens is 3. The third-order valence-corrected chi connectivity index (χ3v) is 4.27. The van der Waals surface area contributed by atoms with Gasteiger partial charge in [-0.15, -0.1) is 0 Å². The van der Waals surface area contributed by atoms with Crippen molar-refractivity contribution in [3.05, 3.63) is 64.7 Å². The first kappa shape index (κ1) is 18.6. The Kier molecular flexibility index (Phi) is 4.73. The summed E-state index contributed by atoms with van der Waals surface area (Å²) in [6, 6.07) is 8.18. The van der Waals surface area contributed by atoms with Gasteiger partial charge in [0.05, 0.1) is 17.0 Å². The van der Waals surface area contributed by atoms with Gasteiger partial charge in [-0.25, -0.2) is 4.79 Å². The summed E-state index contributed by atoms with van der Waals surface area (Å²) in [6.45, 7) is 1.15. The van der Waals surface area contributed by atoms with E-state index in [1.54, 1.807) is 19.1 Å². The molecule has 0 radical (unpaired) electrons. The van der Waals surface area contributed by atoms with Gasteiger partial charge in [0.25, 0.3) is 0 Å². The Labute approximate surface area is 152 Å². The minimum Gasteiger partial charge on any atom is -0.454 e. The summed E-state index contributed by atoms with van der Waals surface area (Å²) < 4.78 is 42.5. The normalized spacial score (nSPS) is 15.9. The molecular formula is C19H14F3NO4. The van der Waals surface area contributed by atoms with Crippen LogP contribution >= 0.6 is 0 Å². The SMILES string of the molecule is C[C@H]1C(=O)Nc2ccc(C(=O)COC(=O)c3ccc(C(F)(F)F)cc3)cc21. The summed E-state index contributed by atoms with van der Waals surface area (Å²) in [5.41, 5.74) is 0.613. The number of benzene rings is 2. The fourth-order valence-electron chi connectivity index (χ4n) is 2.68. The Bertz CT molecular complexity index is 920. The second-order valence-electron chi connectivity index (χ2n) is 6.09. The number of carbonyl (C=O) groups is 3. The summed E-state index contributed by atoms with van der Waals surface area (Å²) >= 11 is 0. The zero-order valence-electron chi connectivity index (χ0n) is 14.1. The molecule has 8 heteroatoms. The highest BCUT2D eigenvalue weighted by molar-refractivity contribution is 6.05. The number of carbonyl (C=O) groups excluding carboxylic acids is 3. The number of Topliss-reactive ketones (excluding diaryl/α,β-unsaturated/α-hetero) is 1. The number of alkyl halides is 3. The van der Waals surface area contributed by atoms with Crippen molar-refractivity contribution in [3.8, 4) is 0 Å². The van der Waals surface area contributed by atoms with E-state index in [4.69, 9.17) is 4.74 Å². The van der Waals surface area contributed by atoms with E-state index in [-0.39, 0.29) is 23.0 Å². The zero-order chi connectivity index (χ0) is 19.8. The number of rotatable bonds is 4. The van der Waals surface area contributed by atoms with Crippen molar-refractivity contribution in [2.45, 2.75) is 19.0 Å². The number of hydrogen-bond acceptors (Lipinski definition) is 4. The van der Waals surface area contributed by atoms with E-state index in [1.165, 1.54) is 6.07 Å². The fraction of sp³-hybridized carbons (Fsp3) is 0.211. The van der Waals surface area contributed by atoms with Crippen LogP contribution in [0.25, 0.3) is 0 Å². The Hall–Kier alpha value is -3.16. The number of amides is 1. The largest absolute Gasteiger partial charge is 0.454 e. The molecule has 0 aromatic heterocycles. The molecule has 2 aromatic rings. The molecule has 0 aliphatic carbocycles. The third kappa shape index (κ3) is 3.84. The van der Waals surface area contributed by atoms with Gasteiger partial charge in [0.2, 0.25) is 5.91 Å².